The van der Waals surface area contributed by atoms with Crippen molar-refractivity contribution in [1.82, 2.24) is 4.90 Å². The first-order valence-corrected chi connectivity index (χ1v) is 2.95. The lowest BCUT2D eigenvalue weighted by Crippen LogP contribution is -2.17. The van der Waals surface area contributed by atoms with Gasteiger partial charge in [-0.2, -0.15) is 13.2 Å². The van der Waals surface area contributed by atoms with Gasteiger partial charge >= 0.3 is 6.18 Å². The van der Waals surface area contributed by atoms with E-state index < -0.39 is 12.6 Å². The van der Waals surface area contributed by atoms with E-state index in [1.165, 1.54) is 6.42 Å². The van der Waals surface area contributed by atoms with Gasteiger partial charge in [0.2, 0.25) is 0 Å². The second kappa shape index (κ2) is 3.81. The molecule has 0 atom stereocenters. The summed E-state index contributed by atoms with van der Waals surface area (Å²) in [5.74, 6) is 0. The van der Waals surface area contributed by atoms with Crippen LogP contribution in [-0.2, 0) is 0 Å². The number of rotatable bonds is 3. The molecule has 4 heteroatoms. The quantitative estimate of drug-likeness (QED) is 0.598. The van der Waals surface area contributed by atoms with Crippen LogP contribution < -0.4 is 0 Å². The number of alkyl halides is 3. The molecule has 1 radical (unpaired) electrons. The van der Waals surface area contributed by atoms with Gasteiger partial charge in [-0.3, -0.25) is 0 Å². The SMILES string of the molecule is CN(C)C[CH]CC(F)(F)F. The molecule has 0 unspecified atom stereocenters. The molecule has 61 valence electrons. The van der Waals surface area contributed by atoms with Gasteiger partial charge in [-0.15, -0.1) is 0 Å². The third-order valence-electron chi connectivity index (χ3n) is 0.870. The molecule has 0 aromatic carbocycles. The van der Waals surface area contributed by atoms with E-state index in [-0.39, 0.29) is 0 Å². The van der Waals surface area contributed by atoms with Crippen molar-refractivity contribution >= 4 is 0 Å². The Morgan fingerprint density at radius 3 is 2.10 bits per heavy atom. The van der Waals surface area contributed by atoms with E-state index in [0.29, 0.717) is 6.54 Å². The molecule has 0 rings (SSSR count). The zero-order valence-electron chi connectivity index (χ0n) is 6.07. The zero-order valence-corrected chi connectivity index (χ0v) is 6.07. The van der Waals surface area contributed by atoms with Crippen LogP contribution in [0.5, 0.6) is 0 Å². The highest BCUT2D eigenvalue weighted by Crippen LogP contribution is 2.20. The fraction of sp³-hybridized carbons (Fsp3) is 0.833. The normalized spacial score (nSPS) is 12.6. The highest BCUT2D eigenvalue weighted by molar-refractivity contribution is 4.71. The average Bonchev–Trinajstić information content (AvgIpc) is 1.59. The van der Waals surface area contributed by atoms with E-state index >= 15 is 0 Å². The smallest absolute Gasteiger partial charge is 0.309 e. The Morgan fingerprint density at radius 2 is 1.80 bits per heavy atom. The average molecular weight is 154 g/mol. The van der Waals surface area contributed by atoms with E-state index in [4.69, 9.17) is 0 Å². The van der Waals surface area contributed by atoms with Crippen LogP contribution >= 0.6 is 0 Å². The van der Waals surface area contributed by atoms with Crippen molar-refractivity contribution in [1.29, 1.82) is 0 Å². The lowest BCUT2D eigenvalue weighted by atomic mass is 10.3. The molecule has 0 heterocycles. The van der Waals surface area contributed by atoms with E-state index in [1.54, 1.807) is 19.0 Å². The predicted octanol–water partition coefficient (Wildman–Crippen LogP) is 1.70. The van der Waals surface area contributed by atoms with Gasteiger partial charge in [-0.1, -0.05) is 0 Å². The summed E-state index contributed by atoms with van der Waals surface area (Å²) in [4.78, 5) is 1.69. The number of hydrogen-bond donors (Lipinski definition) is 0. The topological polar surface area (TPSA) is 3.24 Å². The largest absolute Gasteiger partial charge is 0.389 e. The van der Waals surface area contributed by atoms with Crippen LogP contribution in [0.15, 0.2) is 0 Å². The predicted molar refractivity (Wildman–Crippen MR) is 33.5 cm³/mol. The summed E-state index contributed by atoms with van der Waals surface area (Å²) in [6.07, 6.45) is -3.64. The molecule has 10 heavy (non-hydrogen) atoms. The van der Waals surface area contributed by atoms with Crippen LogP contribution in [0.2, 0.25) is 0 Å². The minimum Gasteiger partial charge on any atom is -0.309 e. The lowest BCUT2D eigenvalue weighted by Gasteiger charge is -2.09. The van der Waals surface area contributed by atoms with Crippen LogP contribution in [0.25, 0.3) is 0 Å². The first kappa shape index (κ1) is 9.75. The van der Waals surface area contributed by atoms with Gasteiger partial charge in [-0.25, -0.2) is 0 Å². The standard InChI is InChI=1S/C6H11F3N/c1-10(2)5-3-4-6(7,8)9/h3H,4-5H2,1-2H3. The monoisotopic (exact) mass is 154 g/mol. The second-order valence-corrected chi connectivity index (χ2v) is 2.37. The van der Waals surface area contributed by atoms with Crippen molar-refractivity contribution in [3.8, 4) is 0 Å². The van der Waals surface area contributed by atoms with Crippen molar-refractivity contribution in [3.63, 3.8) is 0 Å². The maximum atomic E-state index is 11.5. The van der Waals surface area contributed by atoms with E-state index in [0.717, 1.165) is 0 Å². The van der Waals surface area contributed by atoms with Gasteiger partial charge in [0.1, 0.15) is 0 Å². The van der Waals surface area contributed by atoms with Crippen LogP contribution in [0.1, 0.15) is 6.42 Å². The maximum absolute atomic E-state index is 11.5. The van der Waals surface area contributed by atoms with E-state index in [9.17, 15) is 13.2 Å². The van der Waals surface area contributed by atoms with Crippen LogP contribution in [0, 0.1) is 6.42 Å². The molecule has 0 aliphatic heterocycles. The minimum atomic E-state index is -4.05. The molecule has 0 aliphatic carbocycles. The summed E-state index contributed by atoms with van der Waals surface area (Å²) in [7, 11) is 3.46. The molecule has 1 nitrogen and oxygen atoms in total. The molecule has 0 spiro atoms. The van der Waals surface area contributed by atoms with Gasteiger partial charge in [-0.05, 0) is 20.5 Å². The highest BCUT2D eigenvalue weighted by Gasteiger charge is 2.25. The van der Waals surface area contributed by atoms with Gasteiger partial charge < -0.3 is 4.90 Å². The Balaban J connectivity index is 3.21. The molecule has 0 aromatic heterocycles. The molecule has 0 aliphatic rings. The first-order valence-electron chi connectivity index (χ1n) is 2.95. The number of hydrogen-bond acceptors (Lipinski definition) is 1. The molecular weight excluding hydrogens is 143 g/mol. The summed E-state index contributed by atoms with van der Waals surface area (Å²) < 4.78 is 34.4. The van der Waals surface area contributed by atoms with Crippen LogP contribution in [0.4, 0.5) is 13.2 Å². The maximum Gasteiger partial charge on any atom is 0.389 e. The fourth-order valence-electron chi connectivity index (χ4n) is 0.486. The first-order chi connectivity index (χ1) is 4.42. The van der Waals surface area contributed by atoms with Gasteiger partial charge in [0, 0.05) is 13.0 Å². The molecule has 0 saturated carbocycles. The van der Waals surface area contributed by atoms with Crippen molar-refractivity contribution in [2.45, 2.75) is 12.6 Å². The molecule has 0 bridgehead atoms. The van der Waals surface area contributed by atoms with E-state index in [2.05, 4.69) is 0 Å². The highest BCUT2D eigenvalue weighted by atomic mass is 19.4. The third kappa shape index (κ3) is 7.75. The Hall–Kier alpha value is -0.250. The molecule has 0 aromatic rings. The van der Waals surface area contributed by atoms with E-state index in [1.807, 2.05) is 0 Å². The number of halogens is 3. The molecular formula is C6H11F3N. The van der Waals surface area contributed by atoms with Crippen molar-refractivity contribution < 1.29 is 13.2 Å². The van der Waals surface area contributed by atoms with Crippen LogP contribution in [0.3, 0.4) is 0 Å². The second-order valence-electron chi connectivity index (χ2n) is 2.37. The summed E-state index contributed by atoms with van der Waals surface area (Å²) in [6.45, 7) is 0.375. The molecule has 0 saturated heterocycles. The summed E-state index contributed by atoms with van der Waals surface area (Å²) in [6, 6.07) is 0. The van der Waals surface area contributed by atoms with Crippen molar-refractivity contribution in [3.05, 3.63) is 6.42 Å². The Labute approximate surface area is 58.8 Å². The van der Waals surface area contributed by atoms with Gasteiger partial charge in [0.05, 0.1) is 0 Å². The zero-order chi connectivity index (χ0) is 8.20. The summed E-state index contributed by atoms with van der Waals surface area (Å²) >= 11 is 0. The van der Waals surface area contributed by atoms with Crippen molar-refractivity contribution in [2.75, 3.05) is 20.6 Å². The Morgan fingerprint density at radius 1 is 1.30 bits per heavy atom. The lowest BCUT2D eigenvalue weighted by molar-refractivity contribution is -0.128. The fourth-order valence-corrected chi connectivity index (χ4v) is 0.486. The minimum absolute atomic E-state index is 0.375. The third-order valence-corrected chi connectivity index (χ3v) is 0.870. The molecule has 0 amide bonds. The summed E-state index contributed by atoms with van der Waals surface area (Å²) in [5.41, 5.74) is 0. The van der Waals surface area contributed by atoms with Crippen molar-refractivity contribution in [2.24, 2.45) is 0 Å². The Bertz CT molecular complexity index is 87.5. The van der Waals surface area contributed by atoms with Crippen LogP contribution in [-0.4, -0.2) is 31.7 Å². The molecule has 0 fully saturated rings. The molecule has 0 N–H and O–H groups in total. The summed E-state index contributed by atoms with van der Waals surface area (Å²) in [5, 5.41) is 0. The van der Waals surface area contributed by atoms with Gasteiger partial charge in [0.15, 0.2) is 0 Å². The van der Waals surface area contributed by atoms with Gasteiger partial charge in [0.25, 0.3) is 0 Å². The number of nitrogens with zero attached hydrogens (tertiary/aromatic N) is 1. The Kier molecular flexibility index (Phi) is 3.71.